The summed E-state index contributed by atoms with van der Waals surface area (Å²) in [5, 5.41) is 6.32. The van der Waals surface area contributed by atoms with Crippen LogP contribution >= 0.6 is 39.5 Å². The fourth-order valence-corrected chi connectivity index (χ4v) is 5.40. The highest BCUT2D eigenvalue weighted by molar-refractivity contribution is 9.10. The summed E-state index contributed by atoms with van der Waals surface area (Å²) in [5.74, 6) is -0.199. The lowest BCUT2D eigenvalue weighted by Gasteiger charge is -2.13. The third-order valence-electron chi connectivity index (χ3n) is 4.80. The second-order valence-corrected chi connectivity index (χ2v) is 9.18. The van der Waals surface area contributed by atoms with Gasteiger partial charge in [-0.2, -0.15) is 0 Å². The number of thiocarbonyl (C=S) groups is 1. The highest BCUT2D eigenvalue weighted by Crippen LogP contribution is 2.38. The summed E-state index contributed by atoms with van der Waals surface area (Å²) in [6.45, 7) is 1.88. The summed E-state index contributed by atoms with van der Waals surface area (Å²) in [6, 6.07) is 5.75. The van der Waals surface area contributed by atoms with Crippen LogP contribution in [-0.4, -0.2) is 30.7 Å². The third-order valence-corrected chi connectivity index (χ3v) is 6.84. The van der Waals surface area contributed by atoms with Crippen LogP contribution in [0.25, 0.3) is 0 Å². The molecule has 2 N–H and O–H groups in total. The van der Waals surface area contributed by atoms with E-state index in [-0.39, 0.29) is 17.6 Å². The lowest BCUT2D eigenvalue weighted by molar-refractivity contribution is -0.121. The Bertz CT molecular complexity index is 974. The molecule has 30 heavy (non-hydrogen) atoms. The number of amides is 1. The lowest BCUT2D eigenvalue weighted by Crippen LogP contribution is -2.37. The molecule has 0 fully saturated rings. The van der Waals surface area contributed by atoms with Gasteiger partial charge in [-0.15, -0.1) is 11.3 Å². The van der Waals surface area contributed by atoms with Crippen molar-refractivity contribution >= 4 is 61.5 Å². The number of ether oxygens (including phenoxy) is 2. The van der Waals surface area contributed by atoms with E-state index in [4.69, 9.17) is 21.7 Å². The molecule has 0 aliphatic heterocycles. The SMILES string of the molecule is CCc1ccc(OCC(=O)NC(=S)Nc2sc3c(c2C(=O)OC)CCCC3)c(Br)c1. The molecule has 0 atom stereocenters. The summed E-state index contributed by atoms with van der Waals surface area (Å²) in [7, 11) is 1.36. The number of thiophene rings is 1. The highest BCUT2D eigenvalue weighted by Gasteiger charge is 2.26. The molecule has 6 nitrogen and oxygen atoms in total. The Kier molecular flexibility index (Phi) is 7.85. The van der Waals surface area contributed by atoms with Crippen LogP contribution in [0.1, 0.15) is 46.1 Å². The average molecular weight is 511 g/mol. The monoisotopic (exact) mass is 510 g/mol. The smallest absolute Gasteiger partial charge is 0.341 e. The molecular formula is C21H23BrN2O4S2. The van der Waals surface area contributed by atoms with Gasteiger partial charge in [-0.25, -0.2) is 4.79 Å². The Hall–Kier alpha value is -1.97. The zero-order valence-corrected chi connectivity index (χ0v) is 20.0. The molecule has 0 bridgehead atoms. The summed E-state index contributed by atoms with van der Waals surface area (Å²) in [5.41, 5.74) is 2.72. The molecule has 1 aliphatic rings. The predicted molar refractivity (Wildman–Crippen MR) is 126 cm³/mol. The van der Waals surface area contributed by atoms with Gasteiger partial charge in [0.25, 0.3) is 5.91 Å². The van der Waals surface area contributed by atoms with Crippen molar-refractivity contribution in [2.24, 2.45) is 0 Å². The second kappa shape index (κ2) is 10.4. The number of aryl methyl sites for hydroxylation is 2. The fourth-order valence-electron chi connectivity index (χ4n) is 3.29. The topological polar surface area (TPSA) is 76.7 Å². The number of hydrogen-bond acceptors (Lipinski definition) is 6. The average Bonchev–Trinajstić information content (AvgIpc) is 3.09. The standard InChI is InChI=1S/C21H23BrN2O4S2/c1-3-12-8-9-15(14(22)10-12)28-11-17(25)23-21(29)24-19-18(20(26)27-2)13-6-4-5-7-16(13)30-19/h8-10H,3-7,11H2,1-2H3,(H2,23,24,25,29). The molecule has 0 saturated carbocycles. The fraction of sp³-hybridized carbons (Fsp3) is 0.381. The van der Waals surface area contributed by atoms with Gasteiger partial charge < -0.3 is 14.8 Å². The van der Waals surface area contributed by atoms with Gasteiger partial charge in [0.15, 0.2) is 11.7 Å². The minimum absolute atomic E-state index is 0.118. The maximum absolute atomic E-state index is 12.3. The van der Waals surface area contributed by atoms with E-state index in [1.807, 2.05) is 18.2 Å². The molecule has 0 spiro atoms. The quantitative estimate of drug-likeness (QED) is 0.435. The van der Waals surface area contributed by atoms with Gasteiger partial charge in [-0.05, 0) is 83.5 Å². The van der Waals surface area contributed by atoms with Crippen LogP contribution in [0.15, 0.2) is 22.7 Å². The summed E-state index contributed by atoms with van der Waals surface area (Å²) < 4.78 is 11.3. The van der Waals surface area contributed by atoms with Crippen molar-refractivity contribution < 1.29 is 19.1 Å². The maximum Gasteiger partial charge on any atom is 0.341 e. The molecule has 0 saturated heterocycles. The second-order valence-electron chi connectivity index (χ2n) is 6.82. The zero-order chi connectivity index (χ0) is 21.7. The van der Waals surface area contributed by atoms with Crippen LogP contribution in [0, 0.1) is 0 Å². The van der Waals surface area contributed by atoms with Gasteiger partial charge in [0.2, 0.25) is 0 Å². The lowest BCUT2D eigenvalue weighted by atomic mass is 9.95. The normalized spacial score (nSPS) is 12.6. The largest absolute Gasteiger partial charge is 0.483 e. The maximum atomic E-state index is 12.3. The molecule has 9 heteroatoms. The van der Waals surface area contributed by atoms with Gasteiger partial charge in [-0.1, -0.05) is 13.0 Å². The Labute approximate surface area is 193 Å². The number of carbonyl (C=O) groups is 2. The zero-order valence-electron chi connectivity index (χ0n) is 16.8. The van der Waals surface area contributed by atoms with Crippen molar-refractivity contribution in [1.29, 1.82) is 0 Å². The van der Waals surface area contributed by atoms with Crippen molar-refractivity contribution in [2.75, 3.05) is 19.0 Å². The van der Waals surface area contributed by atoms with Gasteiger partial charge in [0.1, 0.15) is 10.8 Å². The summed E-state index contributed by atoms with van der Waals surface area (Å²) >= 11 is 10.2. The molecule has 1 amide bonds. The minimum atomic E-state index is -0.394. The first-order valence-electron chi connectivity index (χ1n) is 9.67. The molecule has 3 rings (SSSR count). The third kappa shape index (κ3) is 5.39. The van der Waals surface area contributed by atoms with E-state index < -0.39 is 5.97 Å². The van der Waals surface area contributed by atoms with Crippen molar-refractivity contribution in [1.82, 2.24) is 5.32 Å². The molecule has 1 aromatic carbocycles. The van der Waals surface area contributed by atoms with Gasteiger partial charge in [-0.3, -0.25) is 10.1 Å². The molecule has 1 aliphatic carbocycles. The molecule has 2 aromatic rings. The Morgan fingerprint density at radius 2 is 2.03 bits per heavy atom. The molecule has 0 radical (unpaired) electrons. The minimum Gasteiger partial charge on any atom is -0.483 e. The Morgan fingerprint density at radius 3 is 2.73 bits per heavy atom. The van der Waals surface area contributed by atoms with E-state index in [0.717, 1.165) is 42.1 Å². The van der Waals surface area contributed by atoms with Crippen LogP contribution in [-0.2, 0) is 28.8 Å². The number of esters is 1. The van der Waals surface area contributed by atoms with E-state index in [1.165, 1.54) is 28.9 Å². The number of methoxy groups -OCH3 is 1. The van der Waals surface area contributed by atoms with E-state index in [1.54, 1.807) is 0 Å². The van der Waals surface area contributed by atoms with Crippen LogP contribution in [0.2, 0.25) is 0 Å². The van der Waals surface area contributed by atoms with Crippen molar-refractivity contribution in [2.45, 2.75) is 39.0 Å². The molecular weight excluding hydrogens is 488 g/mol. The molecule has 0 unspecified atom stereocenters. The van der Waals surface area contributed by atoms with Crippen LogP contribution in [0.3, 0.4) is 0 Å². The number of nitrogens with one attached hydrogen (secondary N) is 2. The number of anilines is 1. The molecule has 160 valence electrons. The Morgan fingerprint density at radius 1 is 1.27 bits per heavy atom. The predicted octanol–water partition coefficient (Wildman–Crippen LogP) is 4.63. The molecule has 1 heterocycles. The van der Waals surface area contributed by atoms with Gasteiger partial charge in [0.05, 0.1) is 17.1 Å². The van der Waals surface area contributed by atoms with Gasteiger partial charge in [0, 0.05) is 4.88 Å². The summed E-state index contributed by atoms with van der Waals surface area (Å²) in [4.78, 5) is 25.7. The highest BCUT2D eigenvalue weighted by atomic mass is 79.9. The van der Waals surface area contributed by atoms with E-state index in [2.05, 4.69) is 33.5 Å². The Balaban J connectivity index is 1.61. The number of fused-ring (bicyclic) bond motifs is 1. The van der Waals surface area contributed by atoms with Crippen molar-refractivity contribution in [3.05, 3.63) is 44.2 Å². The van der Waals surface area contributed by atoms with Crippen LogP contribution in [0.4, 0.5) is 5.00 Å². The van der Waals surface area contributed by atoms with Gasteiger partial charge >= 0.3 is 5.97 Å². The first-order valence-corrected chi connectivity index (χ1v) is 11.7. The molecule has 1 aromatic heterocycles. The summed E-state index contributed by atoms with van der Waals surface area (Å²) in [6.07, 6.45) is 4.83. The van der Waals surface area contributed by atoms with Crippen molar-refractivity contribution in [3.63, 3.8) is 0 Å². The first-order chi connectivity index (χ1) is 14.4. The number of benzene rings is 1. The number of rotatable bonds is 6. The van der Waals surface area contributed by atoms with E-state index >= 15 is 0 Å². The van der Waals surface area contributed by atoms with Crippen molar-refractivity contribution in [3.8, 4) is 5.75 Å². The number of halogens is 1. The van der Waals surface area contributed by atoms with E-state index in [9.17, 15) is 9.59 Å². The number of carbonyl (C=O) groups excluding carboxylic acids is 2. The van der Waals surface area contributed by atoms with Crippen LogP contribution in [0.5, 0.6) is 5.75 Å². The van der Waals surface area contributed by atoms with E-state index in [0.29, 0.717) is 16.3 Å². The van der Waals surface area contributed by atoms with Crippen LogP contribution < -0.4 is 15.4 Å². The number of hydrogen-bond donors (Lipinski definition) is 2. The first kappa shape index (κ1) is 22.7.